The first kappa shape index (κ1) is 11.8. The van der Waals surface area contributed by atoms with Crippen LogP contribution in [0.1, 0.15) is 12.0 Å². The van der Waals surface area contributed by atoms with Crippen LogP contribution >= 0.6 is 0 Å². The highest BCUT2D eigenvalue weighted by Gasteiger charge is 1.97. The van der Waals surface area contributed by atoms with E-state index in [1.807, 2.05) is 17.1 Å². The van der Waals surface area contributed by atoms with E-state index in [1.165, 1.54) is 5.56 Å². The number of hydrogen-bond donors (Lipinski definition) is 1. The number of ether oxygens (including phenoxy) is 1. The van der Waals surface area contributed by atoms with E-state index in [1.54, 1.807) is 7.11 Å². The van der Waals surface area contributed by atoms with Crippen LogP contribution < -0.4 is 5.32 Å². The van der Waals surface area contributed by atoms with Gasteiger partial charge in [-0.15, -0.1) is 12.3 Å². The van der Waals surface area contributed by atoms with E-state index in [-0.39, 0.29) is 0 Å². The summed E-state index contributed by atoms with van der Waals surface area (Å²) in [5, 5.41) is 7.46. The van der Waals surface area contributed by atoms with Gasteiger partial charge in [0.25, 0.3) is 0 Å². The topological polar surface area (TPSA) is 39.1 Å². The van der Waals surface area contributed by atoms with Crippen molar-refractivity contribution in [3.8, 4) is 12.3 Å². The van der Waals surface area contributed by atoms with Crippen LogP contribution in [0, 0.1) is 12.3 Å². The Bertz CT molecular complexity index is 314. The molecular weight excluding hydrogens is 190 g/mol. The molecular formula is C11H17N3O. The maximum Gasteiger partial charge on any atom is 0.0587 e. The molecule has 0 spiro atoms. The second-order valence-corrected chi connectivity index (χ2v) is 3.24. The highest BCUT2D eigenvalue weighted by Crippen LogP contribution is 1.97. The van der Waals surface area contributed by atoms with Gasteiger partial charge >= 0.3 is 0 Å². The Kier molecular flexibility index (Phi) is 5.52. The van der Waals surface area contributed by atoms with Crippen LogP contribution in [0.4, 0.5) is 0 Å². The summed E-state index contributed by atoms with van der Waals surface area (Å²) < 4.78 is 6.80. The summed E-state index contributed by atoms with van der Waals surface area (Å²) in [7, 11) is 1.69. The molecule has 0 bridgehead atoms. The maximum absolute atomic E-state index is 5.18. The van der Waals surface area contributed by atoms with Crippen LogP contribution in [0.2, 0.25) is 0 Å². The van der Waals surface area contributed by atoms with Crippen molar-refractivity contribution in [2.75, 3.05) is 20.3 Å². The summed E-state index contributed by atoms with van der Waals surface area (Å²) in [6.07, 6.45) is 9.77. The Labute approximate surface area is 90.6 Å². The molecule has 1 N–H and O–H groups in total. The number of nitrogens with one attached hydrogen (secondary N) is 1. The van der Waals surface area contributed by atoms with Crippen molar-refractivity contribution in [2.45, 2.75) is 19.5 Å². The third-order valence-electron chi connectivity index (χ3n) is 1.98. The number of rotatable bonds is 7. The molecule has 0 saturated heterocycles. The van der Waals surface area contributed by atoms with Crippen molar-refractivity contribution in [3.05, 3.63) is 18.0 Å². The van der Waals surface area contributed by atoms with Gasteiger partial charge in [0.15, 0.2) is 0 Å². The molecule has 0 fully saturated rings. The first-order chi connectivity index (χ1) is 7.36. The third kappa shape index (κ3) is 4.63. The van der Waals surface area contributed by atoms with Crippen molar-refractivity contribution in [3.63, 3.8) is 0 Å². The van der Waals surface area contributed by atoms with E-state index in [9.17, 15) is 0 Å². The van der Waals surface area contributed by atoms with Crippen LogP contribution in [0.3, 0.4) is 0 Å². The lowest BCUT2D eigenvalue weighted by atomic mass is 10.3. The van der Waals surface area contributed by atoms with E-state index < -0.39 is 0 Å². The zero-order valence-electron chi connectivity index (χ0n) is 9.07. The summed E-state index contributed by atoms with van der Waals surface area (Å²) in [6, 6.07) is 0. The second kappa shape index (κ2) is 7.04. The molecule has 15 heavy (non-hydrogen) atoms. The average Bonchev–Trinajstić information content (AvgIpc) is 2.69. The molecule has 1 rings (SSSR count). The van der Waals surface area contributed by atoms with Crippen molar-refractivity contribution < 1.29 is 4.74 Å². The highest BCUT2D eigenvalue weighted by atomic mass is 16.5. The Morgan fingerprint density at radius 2 is 2.53 bits per heavy atom. The fourth-order valence-corrected chi connectivity index (χ4v) is 1.21. The van der Waals surface area contributed by atoms with Gasteiger partial charge in [-0.3, -0.25) is 4.68 Å². The van der Waals surface area contributed by atoms with Gasteiger partial charge in [-0.05, 0) is 0 Å². The van der Waals surface area contributed by atoms with E-state index in [2.05, 4.69) is 16.3 Å². The summed E-state index contributed by atoms with van der Waals surface area (Å²) in [5.74, 6) is 2.59. The lowest BCUT2D eigenvalue weighted by Gasteiger charge is -2.00. The van der Waals surface area contributed by atoms with Crippen molar-refractivity contribution in [1.82, 2.24) is 15.1 Å². The number of hydrogen-bond acceptors (Lipinski definition) is 3. The Morgan fingerprint density at radius 1 is 1.67 bits per heavy atom. The monoisotopic (exact) mass is 207 g/mol. The SMILES string of the molecule is C#CCCn1cc(CNCCOC)cn1. The third-order valence-corrected chi connectivity index (χ3v) is 1.98. The number of aromatic nitrogens is 2. The fraction of sp³-hybridized carbons (Fsp3) is 0.545. The molecule has 82 valence electrons. The summed E-state index contributed by atoms with van der Waals surface area (Å²) in [6.45, 7) is 3.19. The molecule has 0 atom stereocenters. The minimum atomic E-state index is 0.720. The number of nitrogens with zero attached hydrogens (tertiary/aromatic N) is 2. The Hall–Kier alpha value is -1.31. The minimum Gasteiger partial charge on any atom is -0.383 e. The number of terminal acetylenes is 1. The molecule has 1 aromatic rings. The Morgan fingerprint density at radius 3 is 3.27 bits per heavy atom. The van der Waals surface area contributed by atoms with E-state index in [0.29, 0.717) is 0 Å². The highest BCUT2D eigenvalue weighted by molar-refractivity contribution is 5.03. The molecule has 1 aromatic heterocycles. The zero-order valence-corrected chi connectivity index (χ0v) is 9.07. The molecule has 0 unspecified atom stereocenters. The van der Waals surface area contributed by atoms with Gasteiger partial charge in [0, 0.05) is 38.4 Å². The average molecular weight is 207 g/mol. The van der Waals surface area contributed by atoms with E-state index >= 15 is 0 Å². The van der Waals surface area contributed by atoms with Gasteiger partial charge in [-0.1, -0.05) is 0 Å². The fourth-order valence-electron chi connectivity index (χ4n) is 1.21. The summed E-state index contributed by atoms with van der Waals surface area (Å²) in [4.78, 5) is 0. The Balaban J connectivity index is 2.24. The smallest absolute Gasteiger partial charge is 0.0587 e. The molecule has 1 heterocycles. The second-order valence-electron chi connectivity index (χ2n) is 3.24. The first-order valence-corrected chi connectivity index (χ1v) is 5.01. The van der Waals surface area contributed by atoms with Crippen molar-refractivity contribution >= 4 is 0 Å². The molecule has 4 nitrogen and oxygen atoms in total. The normalized spacial score (nSPS) is 10.1. The first-order valence-electron chi connectivity index (χ1n) is 5.01. The number of methoxy groups -OCH3 is 1. The molecule has 0 amide bonds. The predicted octanol–water partition coefficient (Wildman–Crippen LogP) is 0.642. The van der Waals surface area contributed by atoms with Crippen LogP contribution in [0.15, 0.2) is 12.4 Å². The van der Waals surface area contributed by atoms with Crippen molar-refractivity contribution in [2.24, 2.45) is 0 Å². The molecule has 0 aliphatic rings. The predicted molar refractivity (Wildman–Crippen MR) is 59.3 cm³/mol. The largest absolute Gasteiger partial charge is 0.383 e. The van der Waals surface area contributed by atoms with Crippen molar-refractivity contribution in [1.29, 1.82) is 0 Å². The standard InChI is InChI=1S/C11H17N3O/c1-3-4-6-14-10-11(9-13-14)8-12-5-7-15-2/h1,9-10,12H,4-8H2,2H3. The lowest BCUT2D eigenvalue weighted by molar-refractivity contribution is 0.199. The van der Waals surface area contributed by atoms with Gasteiger partial charge in [-0.25, -0.2) is 0 Å². The van der Waals surface area contributed by atoms with Gasteiger partial charge in [0.05, 0.1) is 19.3 Å². The zero-order chi connectivity index (χ0) is 10.9. The number of aryl methyl sites for hydroxylation is 1. The molecule has 0 aromatic carbocycles. The molecule has 4 heteroatoms. The molecule has 0 aliphatic heterocycles. The van der Waals surface area contributed by atoms with Gasteiger partial charge < -0.3 is 10.1 Å². The summed E-state index contributed by atoms with van der Waals surface area (Å²) >= 11 is 0. The summed E-state index contributed by atoms with van der Waals surface area (Å²) in [5.41, 5.74) is 1.17. The molecule has 0 saturated carbocycles. The van der Waals surface area contributed by atoms with Crippen LogP contribution in [0.25, 0.3) is 0 Å². The van der Waals surface area contributed by atoms with Gasteiger partial charge in [0.2, 0.25) is 0 Å². The molecule has 0 radical (unpaired) electrons. The lowest BCUT2D eigenvalue weighted by Crippen LogP contribution is -2.18. The van der Waals surface area contributed by atoms with Gasteiger partial charge in [0.1, 0.15) is 0 Å². The maximum atomic E-state index is 5.18. The quantitative estimate of drug-likeness (QED) is 0.527. The van der Waals surface area contributed by atoms with Crippen LogP contribution in [0.5, 0.6) is 0 Å². The van der Waals surface area contributed by atoms with Crippen LogP contribution in [-0.4, -0.2) is 30.0 Å². The van der Waals surface area contributed by atoms with Gasteiger partial charge in [-0.2, -0.15) is 5.10 Å². The van der Waals surface area contributed by atoms with E-state index in [0.717, 1.165) is 32.7 Å². The molecule has 0 aliphatic carbocycles. The van der Waals surface area contributed by atoms with Crippen LogP contribution in [-0.2, 0) is 17.8 Å². The van der Waals surface area contributed by atoms with E-state index in [4.69, 9.17) is 11.2 Å². The minimum absolute atomic E-state index is 0.720.